The Morgan fingerprint density at radius 3 is 2.39 bits per heavy atom. The Bertz CT molecular complexity index is 962. The molecule has 0 atom stereocenters. The van der Waals surface area contributed by atoms with Crippen molar-refractivity contribution in [3.05, 3.63) is 57.5 Å². The highest BCUT2D eigenvalue weighted by Crippen LogP contribution is 2.38. The summed E-state index contributed by atoms with van der Waals surface area (Å²) in [5.41, 5.74) is 3.92. The van der Waals surface area contributed by atoms with Crippen molar-refractivity contribution in [2.75, 3.05) is 5.32 Å². The average Bonchev–Trinajstić information content (AvgIpc) is 2.86. The summed E-state index contributed by atoms with van der Waals surface area (Å²) in [4.78, 5) is 26.7. The zero-order valence-electron chi connectivity index (χ0n) is 19.2. The normalized spacial score (nSPS) is 14.4. The molecule has 1 N–H and O–H groups in total. The maximum atomic E-state index is 12.8. The second-order valence-corrected chi connectivity index (χ2v) is 10.5. The van der Waals surface area contributed by atoms with E-state index in [9.17, 15) is 9.59 Å². The summed E-state index contributed by atoms with van der Waals surface area (Å²) >= 11 is 1.52. The molecule has 1 aliphatic carbocycles. The minimum Gasteiger partial charge on any atom is -0.459 e. The van der Waals surface area contributed by atoms with Crippen LogP contribution in [0.25, 0.3) is 6.08 Å². The number of aryl methyl sites for hydroxylation is 1. The fourth-order valence-electron chi connectivity index (χ4n) is 3.74. The molecule has 1 aromatic carbocycles. The Hall–Kier alpha value is -2.40. The molecule has 166 valence electrons. The van der Waals surface area contributed by atoms with Crippen molar-refractivity contribution in [2.24, 2.45) is 0 Å². The van der Waals surface area contributed by atoms with E-state index in [4.69, 9.17) is 4.74 Å². The highest BCUT2D eigenvalue weighted by molar-refractivity contribution is 7.17. The maximum absolute atomic E-state index is 12.8. The number of thiophene rings is 1. The van der Waals surface area contributed by atoms with Gasteiger partial charge in [-0.2, -0.15) is 0 Å². The Balaban J connectivity index is 1.79. The quantitative estimate of drug-likeness (QED) is 0.327. The molecule has 0 radical (unpaired) electrons. The predicted molar refractivity (Wildman–Crippen MR) is 129 cm³/mol. The van der Waals surface area contributed by atoms with Gasteiger partial charge in [0.2, 0.25) is 5.91 Å². The van der Waals surface area contributed by atoms with Gasteiger partial charge in [-0.15, -0.1) is 11.3 Å². The number of ether oxygens (including phenoxy) is 1. The number of carbonyl (C=O) groups is 2. The van der Waals surface area contributed by atoms with E-state index in [2.05, 4.69) is 38.2 Å². The molecule has 31 heavy (non-hydrogen) atoms. The molecule has 0 aliphatic heterocycles. The molecule has 0 spiro atoms. The number of esters is 1. The van der Waals surface area contributed by atoms with Crippen molar-refractivity contribution >= 4 is 34.3 Å². The van der Waals surface area contributed by atoms with Gasteiger partial charge in [-0.1, -0.05) is 51.5 Å². The topological polar surface area (TPSA) is 55.4 Å². The minimum atomic E-state index is -0.341. The van der Waals surface area contributed by atoms with Crippen LogP contribution in [0.15, 0.2) is 30.3 Å². The van der Waals surface area contributed by atoms with Gasteiger partial charge in [0.25, 0.3) is 0 Å². The van der Waals surface area contributed by atoms with E-state index in [0.717, 1.165) is 36.8 Å². The van der Waals surface area contributed by atoms with Gasteiger partial charge >= 0.3 is 5.97 Å². The number of carbonyl (C=O) groups excluding carboxylic acids is 2. The third-order valence-corrected chi connectivity index (χ3v) is 6.62. The van der Waals surface area contributed by atoms with Gasteiger partial charge in [-0.25, -0.2) is 4.79 Å². The lowest BCUT2D eigenvalue weighted by Crippen LogP contribution is -2.16. The Morgan fingerprint density at radius 2 is 1.74 bits per heavy atom. The molecule has 1 aliphatic rings. The van der Waals surface area contributed by atoms with Crippen molar-refractivity contribution in [1.82, 2.24) is 0 Å². The molecule has 1 aromatic heterocycles. The fraction of sp³-hybridized carbons (Fsp3) is 0.462. The third-order valence-electron chi connectivity index (χ3n) is 5.41. The summed E-state index contributed by atoms with van der Waals surface area (Å²) in [7, 11) is 0. The second-order valence-electron chi connectivity index (χ2n) is 9.42. The van der Waals surface area contributed by atoms with E-state index in [1.54, 1.807) is 6.08 Å². The molecule has 0 saturated heterocycles. The van der Waals surface area contributed by atoms with E-state index < -0.39 is 0 Å². The number of anilines is 1. The summed E-state index contributed by atoms with van der Waals surface area (Å²) in [6, 6.07) is 8.22. The summed E-state index contributed by atoms with van der Waals surface area (Å²) in [6.45, 7) is 10.2. The number of benzene rings is 1. The summed E-state index contributed by atoms with van der Waals surface area (Å²) in [5, 5.41) is 3.55. The molecule has 1 amide bonds. The first kappa shape index (κ1) is 23.3. The lowest BCUT2D eigenvalue weighted by molar-refractivity contribution is -0.111. The van der Waals surface area contributed by atoms with Crippen LogP contribution in [-0.2, 0) is 27.8 Å². The van der Waals surface area contributed by atoms with Gasteiger partial charge in [0.15, 0.2) is 0 Å². The highest BCUT2D eigenvalue weighted by Gasteiger charge is 2.27. The third kappa shape index (κ3) is 6.07. The van der Waals surface area contributed by atoms with E-state index >= 15 is 0 Å². The standard InChI is InChI=1S/C26H33NO3S/c1-17(2)30-25(29)23-20-9-7-6-8-10-21(20)31-24(23)27-22(28)16-13-18-11-14-19(15-12-18)26(3,4)5/h11-17H,6-10H2,1-5H3,(H,27,28)/b16-13+. The lowest BCUT2D eigenvalue weighted by Gasteiger charge is -2.18. The summed E-state index contributed by atoms with van der Waals surface area (Å²) < 4.78 is 5.49. The first-order valence-electron chi connectivity index (χ1n) is 11.1. The lowest BCUT2D eigenvalue weighted by atomic mass is 9.87. The molecular formula is C26H33NO3S. The van der Waals surface area contributed by atoms with Crippen LogP contribution in [-0.4, -0.2) is 18.0 Å². The molecule has 2 aromatic rings. The molecule has 0 bridgehead atoms. The zero-order chi connectivity index (χ0) is 22.6. The van der Waals surface area contributed by atoms with Crippen molar-refractivity contribution in [2.45, 2.75) is 78.2 Å². The minimum absolute atomic E-state index is 0.0950. The van der Waals surface area contributed by atoms with Gasteiger partial charge < -0.3 is 10.1 Å². The monoisotopic (exact) mass is 439 g/mol. The number of amides is 1. The van der Waals surface area contributed by atoms with Crippen molar-refractivity contribution in [3.8, 4) is 0 Å². The first-order chi connectivity index (χ1) is 14.6. The van der Waals surface area contributed by atoms with Gasteiger partial charge in [0.1, 0.15) is 5.00 Å². The Morgan fingerprint density at radius 1 is 1.06 bits per heavy atom. The summed E-state index contributed by atoms with van der Waals surface area (Å²) in [6.07, 6.45) is 8.27. The predicted octanol–water partition coefficient (Wildman–Crippen LogP) is 6.53. The van der Waals surface area contributed by atoms with Crippen LogP contribution >= 0.6 is 11.3 Å². The summed E-state index contributed by atoms with van der Waals surface area (Å²) in [5.74, 6) is -0.582. The van der Waals surface area contributed by atoms with E-state index in [1.807, 2.05) is 26.0 Å². The number of nitrogens with one attached hydrogen (secondary N) is 1. The van der Waals surface area contributed by atoms with E-state index in [0.29, 0.717) is 10.6 Å². The Kier molecular flexibility index (Phi) is 7.37. The van der Waals surface area contributed by atoms with Gasteiger partial charge in [0.05, 0.1) is 11.7 Å². The Labute approximate surface area is 189 Å². The van der Waals surface area contributed by atoms with Crippen molar-refractivity contribution < 1.29 is 14.3 Å². The van der Waals surface area contributed by atoms with Crippen LogP contribution in [0.2, 0.25) is 0 Å². The van der Waals surface area contributed by atoms with Crippen molar-refractivity contribution in [1.29, 1.82) is 0 Å². The number of hydrogen-bond donors (Lipinski definition) is 1. The average molecular weight is 440 g/mol. The van der Waals surface area contributed by atoms with Crippen LogP contribution < -0.4 is 5.32 Å². The highest BCUT2D eigenvalue weighted by atomic mass is 32.1. The van der Waals surface area contributed by atoms with Crippen LogP contribution in [0.1, 0.15) is 85.8 Å². The first-order valence-corrected chi connectivity index (χ1v) is 11.9. The van der Waals surface area contributed by atoms with E-state index in [-0.39, 0.29) is 23.4 Å². The van der Waals surface area contributed by atoms with Crippen molar-refractivity contribution in [3.63, 3.8) is 0 Å². The molecular weight excluding hydrogens is 406 g/mol. The van der Waals surface area contributed by atoms with Crippen LogP contribution in [0.4, 0.5) is 5.00 Å². The largest absolute Gasteiger partial charge is 0.459 e. The van der Waals surface area contributed by atoms with Gasteiger partial charge in [-0.3, -0.25) is 4.79 Å². The molecule has 5 heteroatoms. The molecule has 1 heterocycles. The SMILES string of the molecule is CC(C)OC(=O)c1c(NC(=O)/C=C/c2ccc(C(C)(C)C)cc2)sc2c1CCCCC2. The molecule has 4 nitrogen and oxygen atoms in total. The smallest absolute Gasteiger partial charge is 0.341 e. The van der Waals surface area contributed by atoms with Crippen LogP contribution in [0, 0.1) is 0 Å². The fourth-order valence-corrected chi connectivity index (χ4v) is 5.02. The molecule has 0 unspecified atom stereocenters. The molecule has 0 fully saturated rings. The molecule has 0 saturated carbocycles. The zero-order valence-corrected chi connectivity index (χ0v) is 20.0. The number of hydrogen-bond acceptors (Lipinski definition) is 4. The number of fused-ring (bicyclic) bond motifs is 1. The maximum Gasteiger partial charge on any atom is 0.341 e. The number of rotatable bonds is 5. The van der Waals surface area contributed by atoms with Crippen LogP contribution in [0.3, 0.4) is 0 Å². The van der Waals surface area contributed by atoms with E-state index in [1.165, 1.54) is 34.3 Å². The van der Waals surface area contributed by atoms with Gasteiger partial charge in [0, 0.05) is 11.0 Å². The molecule has 3 rings (SSSR count). The van der Waals surface area contributed by atoms with Gasteiger partial charge in [-0.05, 0) is 67.7 Å². The van der Waals surface area contributed by atoms with Crippen LogP contribution in [0.5, 0.6) is 0 Å². The second kappa shape index (κ2) is 9.82.